The minimum absolute atomic E-state index is 0.00626. The molecule has 0 aliphatic carbocycles. The molecular weight excluding hydrogens is 236 g/mol. The maximum Gasteiger partial charge on any atom is 0.224 e. The van der Waals surface area contributed by atoms with E-state index in [1.54, 1.807) is 0 Å². The van der Waals surface area contributed by atoms with Crippen molar-refractivity contribution in [3.63, 3.8) is 0 Å². The summed E-state index contributed by atoms with van der Waals surface area (Å²) in [6.07, 6.45) is 0.525. The zero-order valence-corrected chi connectivity index (χ0v) is 12.7. The first kappa shape index (κ1) is 15.7. The van der Waals surface area contributed by atoms with Gasteiger partial charge in [-0.25, -0.2) is 0 Å². The van der Waals surface area contributed by atoms with Crippen LogP contribution in [0.4, 0.5) is 5.69 Å². The van der Waals surface area contributed by atoms with Crippen LogP contribution in [-0.2, 0) is 4.79 Å². The van der Waals surface area contributed by atoms with Gasteiger partial charge < -0.3 is 10.6 Å². The van der Waals surface area contributed by atoms with Gasteiger partial charge in [0.2, 0.25) is 5.91 Å². The number of hydrogen-bond acceptors (Lipinski definition) is 2. The van der Waals surface area contributed by atoms with E-state index in [-0.39, 0.29) is 17.4 Å². The lowest BCUT2D eigenvalue weighted by molar-refractivity contribution is -0.117. The molecule has 0 saturated carbocycles. The van der Waals surface area contributed by atoms with E-state index in [2.05, 4.69) is 51.3 Å². The lowest BCUT2D eigenvalue weighted by atomic mass is 9.92. The summed E-state index contributed by atoms with van der Waals surface area (Å²) >= 11 is 0. The molecule has 1 rings (SSSR count). The van der Waals surface area contributed by atoms with Gasteiger partial charge in [0.1, 0.15) is 0 Å². The molecule has 1 atom stereocenters. The minimum Gasteiger partial charge on any atom is -0.326 e. The molecule has 0 spiro atoms. The third-order valence-corrected chi connectivity index (χ3v) is 2.90. The van der Waals surface area contributed by atoms with Crippen LogP contribution in [0.2, 0.25) is 0 Å². The first-order valence-corrected chi connectivity index (χ1v) is 6.95. The number of nitrogens with one attached hydrogen (secondary N) is 2. The van der Waals surface area contributed by atoms with Gasteiger partial charge in [0.15, 0.2) is 0 Å². The second-order valence-electron chi connectivity index (χ2n) is 6.15. The van der Waals surface area contributed by atoms with Crippen molar-refractivity contribution in [3.05, 3.63) is 29.8 Å². The van der Waals surface area contributed by atoms with Crippen LogP contribution < -0.4 is 10.6 Å². The molecule has 1 aromatic rings. The second kappa shape index (κ2) is 6.71. The van der Waals surface area contributed by atoms with E-state index in [4.69, 9.17) is 0 Å². The van der Waals surface area contributed by atoms with Crippen LogP contribution >= 0.6 is 0 Å². The number of anilines is 1. The van der Waals surface area contributed by atoms with Crippen molar-refractivity contribution in [2.75, 3.05) is 11.9 Å². The predicted molar refractivity (Wildman–Crippen MR) is 81.2 cm³/mol. The molecule has 0 fully saturated rings. The summed E-state index contributed by atoms with van der Waals surface area (Å²) < 4.78 is 0. The summed E-state index contributed by atoms with van der Waals surface area (Å²) in [5, 5.41) is 6.40. The first-order chi connectivity index (χ1) is 8.83. The lowest BCUT2D eigenvalue weighted by Crippen LogP contribution is -2.23. The second-order valence-corrected chi connectivity index (χ2v) is 6.15. The highest BCUT2D eigenvalue weighted by atomic mass is 16.1. The quantitative estimate of drug-likeness (QED) is 0.849. The fourth-order valence-corrected chi connectivity index (χ4v) is 2.08. The molecule has 2 N–H and O–H groups in total. The molecule has 106 valence electrons. The number of para-hydroxylation sites is 1. The van der Waals surface area contributed by atoms with Crippen molar-refractivity contribution in [2.24, 2.45) is 5.41 Å². The molecule has 0 radical (unpaired) electrons. The molecule has 3 nitrogen and oxygen atoms in total. The maximum atomic E-state index is 12.0. The fraction of sp³-hybridized carbons (Fsp3) is 0.562. The van der Waals surface area contributed by atoms with E-state index < -0.39 is 0 Å². The van der Waals surface area contributed by atoms with Crippen LogP contribution in [0, 0.1) is 5.41 Å². The molecule has 0 aliphatic rings. The SMILES string of the molecule is CCNC(C)c1ccccc1NC(=O)CC(C)(C)C. The standard InChI is InChI=1S/C16H26N2O/c1-6-17-12(2)13-9-7-8-10-14(13)18-15(19)11-16(3,4)5/h7-10,12,17H,6,11H2,1-5H3,(H,18,19). The van der Waals surface area contributed by atoms with E-state index in [9.17, 15) is 4.79 Å². The predicted octanol–water partition coefficient (Wildman–Crippen LogP) is 3.73. The highest BCUT2D eigenvalue weighted by Gasteiger charge is 2.17. The summed E-state index contributed by atoms with van der Waals surface area (Å²) in [7, 11) is 0. The fourth-order valence-electron chi connectivity index (χ4n) is 2.08. The molecule has 0 saturated heterocycles. The lowest BCUT2D eigenvalue weighted by Gasteiger charge is -2.20. The molecule has 0 heterocycles. The van der Waals surface area contributed by atoms with Crippen LogP contribution in [0.5, 0.6) is 0 Å². The van der Waals surface area contributed by atoms with Gasteiger partial charge in [-0.1, -0.05) is 45.9 Å². The Morgan fingerprint density at radius 2 is 1.89 bits per heavy atom. The summed E-state index contributed by atoms with van der Waals surface area (Å²) in [6, 6.07) is 8.21. The van der Waals surface area contributed by atoms with Crippen LogP contribution in [-0.4, -0.2) is 12.5 Å². The molecule has 1 aromatic carbocycles. The zero-order valence-electron chi connectivity index (χ0n) is 12.7. The van der Waals surface area contributed by atoms with Crippen molar-refractivity contribution in [1.29, 1.82) is 0 Å². The Bertz CT molecular complexity index is 421. The number of carbonyl (C=O) groups excluding carboxylic acids is 1. The normalized spacial score (nSPS) is 13.1. The molecule has 0 aliphatic heterocycles. The van der Waals surface area contributed by atoms with E-state index in [0.717, 1.165) is 17.8 Å². The molecule has 1 amide bonds. The summed E-state index contributed by atoms with van der Waals surface area (Å²) in [5.41, 5.74) is 2.04. The van der Waals surface area contributed by atoms with Crippen molar-refractivity contribution in [1.82, 2.24) is 5.32 Å². The number of amides is 1. The smallest absolute Gasteiger partial charge is 0.224 e. The average molecular weight is 262 g/mol. The Balaban J connectivity index is 2.81. The van der Waals surface area contributed by atoms with Crippen molar-refractivity contribution >= 4 is 11.6 Å². The Hall–Kier alpha value is -1.35. The zero-order chi connectivity index (χ0) is 14.5. The van der Waals surface area contributed by atoms with Gasteiger partial charge in [-0.05, 0) is 30.5 Å². The third kappa shape index (κ3) is 5.43. The highest BCUT2D eigenvalue weighted by Crippen LogP contribution is 2.24. The number of rotatable bonds is 5. The van der Waals surface area contributed by atoms with E-state index in [1.807, 2.05) is 18.2 Å². The van der Waals surface area contributed by atoms with Gasteiger partial charge in [-0.2, -0.15) is 0 Å². The van der Waals surface area contributed by atoms with Gasteiger partial charge in [-0.15, -0.1) is 0 Å². The Morgan fingerprint density at radius 3 is 2.47 bits per heavy atom. The Morgan fingerprint density at radius 1 is 1.26 bits per heavy atom. The molecule has 0 bridgehead atoms. The molecular formula is C16H26N2O. The maximum absolute atomic E-state index is 12.0. The van der Waals surface area contributed by atoms with Crippen molar-refractivity contribution in [2.45, 2.75) is 47.1 Å². The Kier molecular flexibility index (Phi) is 5.55. The van der Waals surface area contributed by atoms with E-state index in [1.165, 1.54) is 0 Å². The molecule has 19 heavy (non-hydrogen) atoms. The van der Waals surface area contributed by atoms with E-state index >= 15 is 0 Å². The highest BCUT2D eigenvalue weighted by molar-refractivity contribution is 5.91. The van der Waals surface area contributed by atoms with Gasteiger partial charge in [0.05, 0.1) is 0 Å². The van der Waals surface area contributed by atoms with Gasteiger partial charge in [0, 0.05) is 18.2 Å². The number of carbonyl (C=O) groups is 1. The van der Waals surface area contributed by atoms with Gasteiger partial charge >= 0.3 is 0 Å². The van der Waals surface area contributed by atoms with Crippen LogP contribution in [0.1, 0.15) is 52.6 Å². The molecule has 3 heteroatoms. The summed E-state index contributed by atoms with van der Waals surface area (Å²) in [6.45, 7) is 11.3. The largest absolute Gasteiger partial charge is 0.326 e. The van der Waals surface area contributed by atoms with Crippen molar-refractivity contribution in [3.8, 4) is 0 Å². The monoisotopic (exact) mass is 262 g/mol. The topological polar surface area (TPSA) is 41.1 Å². The van der Waals surface area contributed by atoms with Crippen molar-refractivity contribution < 1.29 is 4.79 Å². The molecule has 0 aromatic heterocycles. The number of benzene rings is 1. The molecule has 1 unspecified atom stereocenters. The number of hydrogen-bond donors (Lipinski definition) is 2. The van der Waals surface area contributed by atoms with Crippen LogP contribution in [0.25, 0.3) is 0 Å². The minimum atomic E-state index is 0.00626. The van der Waals surface area contributed by atoms with Gasteiger partial charge in [0.25, 0.3) is 0 Å². The first-order valence-electron chi connectivity index (χ1n) is 6.95. The van der Waals surface area contributed by atoms with Crippen LogP contribution in [0.3, 0.4) is 0 Å². The van der Waals surface area contributed by atoms with Crippen LogP contribution in [0.15, 0.2) is 24.3 Å². The Labute approximate surface area is 116 Å². The summed E-state index contributed by atoms with van der Waals surface area (Å²) in [5.74, 6) is 0.0728. The van der Waals surface area contributed by atoms with E-state index in [0.29, 0.717) is 6.42 Å². The van der Waals surface area contributed by atoms with Gasteiger partial charge in [-0.3, -0.25) is 4.79 Å². The summed E-state index contributed by atoms with van der Waals surface area (Å²) in [4.78, 5) is 12.0. The third-order valence-electron chi connectivity index (χ3n) is 2.90. The average Bonchev–Trinajstić information content (AvgIpc) is 2.27.